The molecule has 0 bridgehead atoms. The number of hydrogen-bond acceptors (Lipinski definition) is 5. The van der Waals surface area contributed by atoms with Crippen LogP contribution in [0, 0.1) is 0 Å². The van der Waals surface area contributed by atoms with Gasteiger partial charge in [-0.1, -0.05) is 6.08 Å². The van der Waals surface area contributed by atoms with Crippen LogP contribution in [0.5, 0.6) is 0 Å². The number of benzene rings is 1. The van der Waals surface area contributed by atoms with E-state index < -0.39 is 5.97 Å². The average molecular weight is 369 g/mol. The van der Waals surface area contributed by atoms with Crippen molar-refractivity contribution in [3.63, 3.8) is 0 Å². The van der Waals surface area contributed by atoms with E-state index in [1.165, 1.54) is 0 Å². The first-order valence-electron chi connectivity index (χ1n) is 8.90. The SMILES string of the molecule is C=CCn1cc(C(=O)OCC)c(=O)c2ccc(N3CN=C[N+](C)(C)C3)cc21. The van der Waals surface area contributed by atoms with Gasteiger partial charge in [-0.25, -0.2) is 9.79 Å². The van der Waals surface area contributed by atoms with Crippen LogP contribution in [-0.4, -0.2) is 55.4 Å². The van der Waals surface area contributed by atoms with Gasteiger partial charge in [-0.3, -0.25) is 9.28 Å². The van der Waals surface area contributed by atoms with Gasteiger partial charge in [-0.2, -0.15) is 0 Å². The smallest absolute Gasteiger partial charge is 0.343 e. The number of aromatic nitrogens is 1. The minimum Gasteiger partial charge on any atom is -0.462 e. The lowest BCUT2D eigenvalue weighted by molar-refractivity contribution is -0.793. The van der Waals surface area contributed by atoms with Gasteiger partial charge in [0.15, 0.2) is 13.0 Å². The van der Waals surface area contributed by atoms with E-state index in [0.29, 0.717) is 23.1 Å². The summed E-state index contributed by atoms with van der Waals surface area (Å²) in [5.41, 5.74) is 1.46. The van der Waals surface area contributed by atoms with Crippen molar-refractivity contribution >= 4 is 28.9 Å². The quantitative estimate of drug-likeness (QED) is 0.460. The molecule has 0 radical (unpaired) electrons. The number of ether oxygens (including phenoxy) is 1. The van der Waals surface area contributed by atoms with Gasteiger partial charge >= 0.3 is 5.97 Å². The Morgan fingerprint density at radius 3 is 2.85 bits per heavy atom. The number of nitrogens with zero attached hydrogens (tertiary/aromatic N) is 4. The lowest BCUT2D eigenvalue weighted by Crippen LogP contribution is -2.51. The molecule has 1 aromatic carbocycles. The van der Waals surface area contributed by atoms with E-state index in [0.717, 1.165) is 17.9 Å². The molecule has 0 saturated carbocycles. The number of pyridine rings is 1. The Bertz CT molecular complexity index is 975. The molecule has 0 atom stereocenters. The number of carbonyl (C=O) groups is 1. The Labute approximate surface area is 158 Å². The number of quaternary nitrogens is 1. The van der Waals surface area contributed by atoms with Crippen molar-refractivity contribution in [2.75, 3.05) is 38.9 Å². The fourth-order valence-electron chi connectivity index (χ4n) is 3.26. The summed E-state index contributed by atoms with van der Waals surface area (Å²) >= 11 is 0. The van der Waals surface area contributed by atoms with Crippen molar-refractivity contribution in [3.8, 4) is 0 Å². The van der Waals surface area contributed by atoms with Crippen LogP contribution in [0.1, 0.15) is 17.3 Å². The Morgan fingerprint density at radius 1 is 1.41 bits per heavy atom. The molecule has 2 heterocycles. The molecule has 0 amide bonds. The highest BCUT2D eigenvalue weighted by Crippen LogP contribution is 2.23. The molecule has 0 fully saturated rings. The lowest BCUT2D eigenvalue weighted by Gasteiger charge is -2.35. The zero-order valence-electron chi connectivity index (χ0n) is 16.0. The number of esters is 1. The van der Waals surface area contributed by atoms with E-state index in [1.54, 1.807) is 25.3 Å². The molecule has 0 unspecified atom stereocenters. The van der Waals surface area contributed by atoms with Crippen molar-refractivity contribution < 1.29 is 14.0 Å². The van der Waals surface area contributed by atoms with Crippen molar-refractivity contribution in [2.45, 2.75) is 13.5 Å². The molecule has 0 saturated heterocycles. The van der Waals surface area contributed by atoms with Crippen LogP contribution >= 0.6 is 0 Å². The Morgan fingerprint density at radius 2 is 2.19 bits per heavy atom. The third kappa shape index (κ3) is 3.78. The number of aliphatic imine (C=N–C) groups is 1. The lowest BCUT2D eigenvalue weighted by atomic mass is 10.1. The van der Waals surface area contributed by atoms with E-state index in [1.807, 2.05) is 23.0 Å². The number of rotatable bonds is 5. The van der Waals surface area contributed by atoms with E-state index >= 15 is 0 Å². The Kier molecular flexibility index (Phi) is 5.14. The van der Waals surface area contributed by atoms with Gasteiger partial charge in [0, 0.05) is 23.8 Å². The highest BCUT2D eigenvalue weighted by atomic mass is 16.5. The van der Waals surface area contributed by atoms with Crippen molar-refractivity contribution in [1.29, 1.82) is 0 Å². The molecule has 1 aromatic heterocycles. The molecule has 1 aliphatic heterocycles. The van der Waals surface area contributed by atoms with Crippen LogP contribution in [0.3, 0.4) is 0 Å². The summed E-state index contributed by atoms with van der Waals surface area (Å²) in [6.45, 7) is 7.55. The molecule has 7 nitrogen and oxygen atoms in total. The summed E-state index contributed by atoms with van der Waals surface area (Å²) in [7, 11) is 4.16. The standard InChI is InChI=1S/C20H25N4O3/c1-5-9-22-11-17(20(26)27-6-2)19(25)16-8-7-15(10-18(16)22)23-12-21-13-24(3,4)14-23/h5,7-8,10-11,13H,1,6,9,12,14H2,2-4H3/q+1. The zero-order valence-corrected chi connectivity index (χ0v) is 16.0. The van der Waals surface area contributed by atoms with Gasteiger partial charge in [0.2, 0.25) is 5.43 Å². The maximum absolute atomic E-state index is 12.8. The van der Waals surface area contributed by atoms with Gasteiger partial charge in [0.25, 0.3) is 0 Å². The summed E-state index contributed by atoms with van der Waals surface area (Å²) in [6, 6.07) is 5.64. The molecule has 2 aromatic rings. The van der Waals surface area contributed by atoms with E-state index in [4.69, 9.17) is 4.74 Å². The van der Waals surface area contributed by atoms with E-state index in [-0.39, 0.29) is 17.6 Å². The van der Waals surface area contributed by atoms with Crippen LogP contribution in [-0.2, 0) is 11.3 Å². The first kappa shape index (κ1) is 18.8. The fraction of sp³-hybridized carbons (Fsp3) is 0.350. The normalized spacial score (nSPS) is 15.7. The molecular formula is C20H25N4O3+. The van der Waals surface area contributed by atoms with Gasteiger partial charge < -0.3 is 14.2 Å². The highest BCUT2D eigenvalue weighted by molar-refractivity contribution is 5.94. The van der Waals surface area contributed by atoms with Crippen LogP contribution < -0.4 is 10.3 Å². The molecule has 27 heavy (non-hydrogen) atoms. The van der Waals surface area contributed by atoms with E-state index in [2.05, 4.69) is 30.6 Å². The number of anilines is 1. The molecule has 142 valence electrons. The van der Waals surface area contributed by atoms with Crippen molar-refractivity contribution in [2.24, 2.45) is 4.99 Å². The molecule has 0 N–H and O–H groups in total. The van der Waals surface area contributed by atoms with Crippen LogP contribution in [0.15, 0.2) is 46.8 Å². The maximum Gasteiger partial charge on any atom is 0.343 e. The summed E-state index contributed by atoms with van der Waals surface area (Å²) in [5.74, 6) is -0.601. The number of carbonyl (C=O) groups excluding carboxylic acids is 1. The van der Waals surface area contributed by atoms with E-state index in [9.17, 15) is 9.59 Å². The molecule has 7 heteroatoms. The first-order chi connectivity index (χ1) is 12.9. The predicted octanol–water partition coefficient (Wildman–Crippen LogP) is 2.20. The minimum absolute atomic E-state index is 0.0410. The minimum atomic E-state index is -0.601. The van der Waals surface area contributed by atoms with Crippen LogP contribution in [0.4, 0.5) is 5.69 Å². The summed E-state index contributed by atoms with van der Waals surface area (Å²) in [6.07, 6.45) is 5.22. The molecular weight excluding hydrogens is 344 g/mol. The summed E-state index contributed by atoms with van der Waals surface area (Å²) in [4.78, 5) is 31.6. The molecule has 1 aliphatic rings. The van der Waals surface area contributed by atoms with Gasteiger partial charge in [-0.05, 0) is 25.1 Å². The summed E-state index contributed by atoms with van der Waals surface area (Å²) in [5, 5.41) is 0.486. The van der Waals surface area contributed by atoms with Crippen molar-refractivity contribution in [1.82, 2.24) is 4.57 Å². The van der Waals surface area contributed by atoms with Gasteiger partial charge in [0.05, 0.1) is 26.2 Å². The topological polar surface area (TPSA) is 63.9 Å². The second-order valence-electron chi connectivity index (χ2n) is 7.13. The number of allylic oxidation sites excluding steroid dienone is 1. The molecule has 0 aliphatic carbocycles. The van der Waals surface area contributed by atoms with Crippen LogP contribution in [0.2, 0.25) is 0 Å². The molecule has 3 rings (SSSR count). The number of fused-ring (bicyclic) bond motifs is 1. The summed E-state index contributed by atoms with van der Waals surface area (Å²) < 4.78 is 7.53. The second kappa shape index (κ2) is 7.36. The van der Waals surface area contributed by atoms with Crippen LogP contribution in [0.25, 0.3) is 10.9 Å². The Hall–Kier alpha value is -2.93. The zero-order chi connectivity index (χ0) is 19.6. The highest BCUT2D eigenvalue weighted by Gasteiger charge is 2.23. The monoisotopic (exact) mass is 369 g/mol. The van der Waals surface area contributed by atoms with Gasteiger partial charge in [-0.15, -0.1) is 6.58 Å². The third-order valence-corrected chi connectivity index (χ3v) is 4.43. The number of hydrogen-bond donors (Lipinski definition) is 0. The second-order valence-corrected chi connectivity index (χ2v) is 7.13. The Balaban J connectivity index is 2.13. The van der Waals surface area contributed by atoms with Gasteiger partial charge in [0.1, 0.15) is 12.2 Å². The fourth-order valence-corrected chi connectivity index (χ4v) is 3.26. The van der Waals surface area contributed by atoms with Crippen molar-refractivity contribution in [3.05, 3.63) is 52.8 Å². The first-order valence-corrected chi connectivity index (χ1v) is 8.90. The predicted molar refractivity (Wildman–Crippen MR) is 107 cm³/mol. The average Bonchev–Trinajstić information content (AvgIpc) is 2.63. The maximum atomic E-state index is 12.8. The third-order valence-electron chi connectivity index (χ3n) is 4.43. The molecule has 0 spiro atoms. The largest absolute Gasteiger partial charge is 0.462 e.